The molecule has 4 rings (SSSR count). The van der Waals surface area contributed by atoms with Crippen LogP contribution in [-0.4, -0.2) is 39.7 Å². The number of carbonyl (C=O) groups is 1. The van der Waals surface area contributed by atoms with Crippen molar-refractivity contribution in [1.29, 1.82) is 0 Å². The number of benzene rings is 2. The molecular formula is C23H26N4O. The van der Waals surface area contributed by atoms with Crippen molar-refractivity contribution in [1.82, 2.24) is 14.7 Å². The zero-order valence-corrected chi connectivity index (χ0v) is 16.7. The fraction of sp³-hybridized carbons (Fsp3) is 0.304. The van der Waals surface area contributed by atoms with Gasteiger partial charge in [-0.15, -0.1) is 0 Å². The quantitative estimate of drug-likeness (QED) is 0.699. The molecule has 0 saturated carbocycles. The van der Waals surface area contributed by atoms with Crippen LogP contribution in [0.2, 0.25) is 0 Å². The van der Waals surface area contributed by atoms with Crippen LogP contribution < -0.4 is 4.90 Å². The Balaban J connectivity index is 1.50. The first kappa shape index (κ1) is 18.4. The van der Waals surface area contributed by atoms with E-state index < -0.39 is 0 Å². The van der Waals surface area contributed by atoms with Crippen LogP contribution >= 0.6 is 0 Å². The SMILES string of the molecule is Cc1cc(C)n(-c2cccc(CN3CC(=O)N(c4ccccc4)C[C@@H]3C)c2)n1. The van der Waals surface area contributed by atoms with E-state index in [2.05, 4.69) is 54.2 Å². The van der Waals surface area contributed by atoms with E-state index in [0.29, 0.717) is 13.1 Å². The number of carbonyl (C=O) groups excluding carboxylic acids is 1. The summed E-state index contributed by atoms with van der Waals surface area (Å²) in [6.07, 6.45) is 0. The summed E-state index contributed by atoms with van der Waals surface area (Å²) in [6.45, 7) is 8.15. The molecule has 0 bridgehead atoms. The number of amides is 1. The molecule has 0 N–H and O–H groups in total. The molecule has 0 unspecified atom stereocenters. The highest BCUT2D eigenvalue weighted by Gasteiger charge is 2.30. The molecule has 1 saturated heterocycles. The van der Waals surface area contributed by atoms with Gasteiger partial charge >= 0.3 is 0 Å². The van der Waals surface area contributed by atoms with Crippen molar-refractivity contribution in [2.24, 2.45) is 0 Å². The van der Waals surface area contributed by atoms with E-state index in [1.807, 2.05) is 46.8 Å². The van der Waals surface area contributed by atoms with Crippen molar-refractivity contribution < 1.29 is 4.79 Å². The predicted molar refractivity (Wildman–Crippen MR) is 112 cm³/mol. The minimum absolute atomic E-state index is 0.152. The van der Waals surface area contributed by atoms with Crippen molar-refractivity contribution in [2.45, 2.75) is 33.4 Å². The highest BCUT2D eigenvalue weighted by atomic mass is 16.2. The molecule has 0 radical (unpaired) electrons. The van der Waals surface area contributed by atoms with Gasteiger partial charge in [-0.1, -0.05) is 30.3 Å². The van der Waals surface area contributed by atoms with E-state index in [1.54, 1.807) is 0 Å². The summed E-state index contributed by atoms with van der Waals surface area (Å²) in [6, 6.07) is 20.7. The van der Waals surface area contributed by atoms with E-state index in [-0.39, 0.29) is 11.9 Å². The molecule has 1 aliphatic rings. The number of aromatic nitrogens is 2. The van der Waals surface area contributed by atoms with Crippen LogP contribution in [0.25, 0.3) is 5.69 Å². The van der Waals surface area contributed by atoms with Crippen molar-refractivity contribution in [3.05, 3.63) is 77.6 Å². The standard InChI is InChI=1S/C23H26N4O/c1-17-12-18(2)27(24-17)22-11-7-8-20(13-22)15-25-16-23(28)26(14-19(25)3)21-9-5-4-6-10-21/h4-13,19H,14-16H2,1-3H3/t19-/m0/s1. The lowest BCUT2D eigenvalue weighted by molar-refractivity contribution is -0.122. The zero-order valence-electron chi connectivity index (χ0n) is 16.7. The highest BCUT2D eigenvalue weighted by Crippen LogP contribution is 2.22. The molecule has 1 aromatic heterocycles. The Morgan fingerprint density at radius 1 is 1.00 bits per heavy atom. The summed E-state index contributed by atoms with van der Waals surface area (Å²) < 4.78 is 1.97. The monoisotopic (exact) mass is 374 g/mol. The van der Waals surface area contributed by atoms with E-state index in [0.717, 1.165) is 29.3 Å². The van der Waals surface area contributed by atoms with Crippen molar-refractivity contribution >= 4 is 11.6 Å². The molecule has 5 heteroatoms. The number of hydrogen-bond donors (Lipinski definition) is 0. The third kappa shape index (κ3) is 3.71. The second kappa shape index (κ2) is 7.60. The first-order valence-corrected chi connectivity index (χ1v) is 9.73. The van der Waals surface area contributed by atoms with Gasteiger partial charge in [-0.3, -0.25) is 9.69 Å². The van der Waals surface area contributed by atoms with Gasteiger partial charge in [0.25, 0.3) is 0 Å². The van der Waals surface area contributed by atoms with Gasteiger partial charge in [0, 0.05) is 30.5 Å². The van der Waals surface area contributed by atoms with Gasteiger partial charge in [-0.05, 0) is 56.7 Å². The van der Waals surface area contributed by atoms with Crippen LogP contribution in [-0.2, 0) is 11.3 Å². The molecule has 1 atom stereocenters. The van der Waals surface area contributed by atoms with Gasteiger partial charge < -0.3 is 4.90 Å². The second-order valence-electron chi connectivity index (χ2n) is 7.60. The van der Waals surface area contributed by atoms with Crippen molar-refractivity contribution in [2.75, 3.05) is 18.0 Å². The van der Waals surface area contributed by atoms with Gasteiger partial charge in [0.15, 0.2) is 0 Å². The molecule has 1 amide bonds. The molecule has 3 aromatic rings. The Kier molecular flexibility index (Phi) is 5.01. The number of nitrogens with zero attached hydrogens (tertiary/aromatic N) is 4. The molecule has 1 fully saturated rings. The van der Waals surface area contributed by atoms with Crippen LogP contribution in [0.5, 0.6) is 0 Å². The molecule has 2 heterocycles. The lowest BCUT2D eigenvalue weighted by Crippen LogP contribution is -2.54. The first-order chi connectivity index (χ1) is 13.5. The number of rotatable bonds is 4. The fourth-order valence-corrected chi connectivity index (χ4v) is 3.88. The topological polar surface area (TPSA) is 41.4 Å². The van der Waals surface area contributed by atoms with Crippen LogP contribution in [0, 0.1) is 13.8 Å². The predicted octanol–water partition coefficient (Wildman–Crippen LogP) is 3.73. The van der Waals surface area contributed by atoms with E-state index >= 15 is 0 Å². The third-order valence-electron chi connectivity index (χ3n) is 5.33. The summed E-state index contributed by atoms with van der Waals surface area (Å²) in [5.41, 5.74) is 5.36. The molecule has 5 nitrogen and oxygen atoms in total. The van der Waals surface area contributed by atoms with Gasteiger partial charge in [0.05, 0.1) is 17.9 Å². The van der Waals surface area contributed by atoms with Gasteiger partial charge in [-0.2, -0.15) is 5.10 Å². The highest BCUT2D eigenvalue weighted by molar-refractivity contribution is 5.95. The maximum absolute atomic E-state index is 12.7. The van der Waals surface area contributed by atoms with Crippen LogP contribution in [0.3, 0.4) is 0 Å². The van der Waals surface area contributed by atoms with Crippen LogP contribution in [0.15, 0.2) is 60.7 Å². The molecule has 1 aliphatic heterocycles. The molecule has 0 spiro atoms. The van der Waals surface area contributed by atoms with E-state index in [1.165, 1.54) is 5.56 Å². The molecule has 28 heavy (non-hydrogen) atoms. The average Bonchev–Trinajstić information content (AvgIpc) is 3.03. The summed E-state index contributed by atoms with van der Waals surface area (Å²) in [7, 11) is 0. The van der Waals surface area contributed by atoms with Gasteiger partial charge in [0.2, 0.25) is 5.91 Å². The van der Waals surface area contributed by atoms with Crippen molar-refractivity contribution in [3.63, 3.8) is 0 Å². The number of para-hydroxylation sites is 1. The number of aryl methyl sites for hydroxylation is 2. The van der Waals surface area contributed by atoms with E-state index in [4.69, 9.17) is 0 Å². The first-order valence-electron chi connectivity index (χ1n) is 9.73. The Labute approximate surface area is 166 Å². The Morgan fingerprint density at radius 3 is 2.46 bits per heavy atom. The normalized spacial score (nSPS) is 17.9. The summed E-state index contributed by atoms with van der Waals surface area (Å²) >= 11 is 0. The zero-order chi connectivity index (χ0) is 19.7. The van der Waals surface area contributed by atoms with Gasteiger partial charge in [0.1, 0.15) is 0 Å². The summed E-state index contributed by atoms with van der Waals surface area (Å²) in [4.78, 5) is 16.9. The molecule has 0 aliphatic carbocycles. The average molecular weight is 374 g/mol. The number of anilines is 1. The summed E-state index contributed by atoms with van der Waals surface area (Å²) in [5.74, 6) is 0.152. The Hall–Kier alpha value is -2.92. The van der Waals surface area contributed by atoms with Gasteiger partial charge in [-0.25, -0.2) is 4.68 Å². The maximum atomic E-state index is 12.7. The Morgan fingerprint density at radius 2 is 1.75 bits per heavy atom. The fourth-order valence-electron chi connectivity index (χ4n) is 3.88. The summed E-state index contributed by atoms with van der Waals surface area (Å²) in [5, 5.41) is 4.58. The minimum atomic E-state index is 0.152. The second-order valence-corrected chi connectivity index (χ2v) is 7.60. The number of hydrogen-bond acceptors (Lipinski definition) is 3. The van der Waals surface area contributed by atoms with E-state index in [9.17, 15) is 4.79 Å². The lowest BCUT2D eigenvalue weighted by atomic mass is 10.1. The minimum Gasteiger partial charge on any atom is -0.310 e. The lowest BCUT2D eigenvalue weighted by Gasteiger charge is -2.39. The molecule has 144 valence electrons. The Bertz CT molecular complexity index is 979. The van der Waals surface area contributed by atoms with Crippen molar-refractivity contribution in [3.8, 4) is 5.69 Å². The molecule has 2 aromatic carbocycles. The molecular weight excluding hydrogens is 348 g/mol. The van der Waals surface area contributed by atoms with Crippen LogP contribution in [0.4, 0.5) is 5.69 Å². The third-order valence-corrected chi connectivity index (χ3v) is 5.33. The largest absolute Gasteiger partial charge is 0.310 e. The maximum Gasteiger partial charge on any atom is 0.241 e. The van der Waals surface area contributed by atoms with Crippen LogP contribution in [0.1, 0.15) is 23.9 Å². The smallest absolute Gasteiger partial charge is 0.241 e. The number of piperazine rings is 1.